The first-order valence-electron chi connectivity index (χ1n) is 8.38. The van der Waals surface area contributed by atoms with Crippen molar-refractivity contribution in [1.29, 1.82) is 0 Å². The summed E-state index contributed by atoms with van der Waals surface area (Å²) < 4.78 is 3.23. The molecule has 2 amide bonds. The van der Waals surface area contributed by atoms with E-state index in [9.17, 15) is 9.59 Å². The van der Waals surface area contributed by atoms with Gasteiger partial charge in [0, 0.05) is 37.6 Å². The Hall–Kier alpha value is -3.35. The zero-order valence-corrected chi connectivity index (χ0v) is 14.7. The maximum Gasteiger partial charge on any atom is 0.320 e. The number of aryl methyl sites for hydroxylation is 2. The lowest BCUT2D eigenvalue weighted by Gasteiger charge is -2.18. The number of rotatable bonds is 5. The minimum absolute atomic E-state index is 0.101. The van der Waals surface area contributed by atoms with Gasteiger partial charge in [0.15, 0.2) is 0 Å². The van der Waals surface area contributed by atoms with Gasteiger partial charge in [-0.2, -0.15) is 5.10 Å². The summed E-state index contributed by atoms with van der Waals surface area (Å²) in [5.41, 5.74) is 2.29. The second-order valence-corrected chi connectivity index (χ2v) is 5.93. The summed E-state index contributed by atoms with van der Waals surface area (Å²) in [6, 6.07) is 12.0. The Kier molecular flexibility index (Phi) is 5.17. The molecule has 1 aromatic carbocycles. The van der Waals surface area contributed by atoms with Crippen LogP contribution >= 0.6 is 0 Å². The zero-order valence-electron chi connectivity index (χ0n) is 14.7. The van der Waals surface area contributed by atoms with Gasteiger partial charge in [0.05, 0.1) is 17.9 Å². The highest BCUT2D eigenvalue weighted by molar-refractivity contribution is 5.89. The number of urea groups is 1. The molecule has 26 heavy (non-hydrogen) atoms. The van der Waals surface area contributed by atoms with Crippen molar-refractivity contribution in [3.8, 4) is 0 Å². The van der Waals surface area contributed by atoms with Crippen LogP contribution in [0.15, 0.2) is 65.8 Å². The van der Waals surface area contributed by atoms with E-state index in [1.807, 2.05) is 50.5 Å². The van der Waals surface area contributed by atoms with Gasteiger partial charge in [-0.05, 0) is 18.6 Å². The van der Waals surface area contributed by atoms with Gasteiger partial charge in [-0.3, -0.25) is 9.48 Å². The lowest BCUT2D eigenvalue weighted by atomic mass is 10.0. The third-order valence-electron chi connectivity index (χ3n) is 4.05. The lowest BCUT2D eigenvalue weighted by Crippen LogP contribution is -2.33. The van der Waals surface area contributed by atoms with E-state index in [0.29, 0.717) is 12.2 Å². The van der Waals surface area contributed by atoms with E-state index < -0.39 is 0 Å². The normalized spacial score (nSPS) is 11.8. The fraction of sp³-hybridized carbons (Fsp3) is 0.211. The van der Waals surface area contributed by atoms with E-state index in [4.69, 9.17) is 0 Å². The van der Waals surface area contributed by atoms with E-state index >= 15 is 0 Å². The van der Waals surface area contributed by atoms with Crippen LogP contribution in [-0.2, 0) is 13.6 Å². The second kappa shape index (κ2) is 7.69. The van der Waals surface area contributed by atoms with Gasteiger partial charge in [-0.25, -0.2) is 4.79 Å². The summed E-state index contributed by atoms with van der Waals surface area (Å²) in [5, 5.41) is 9.95. The molecule has 1 unspecified atom stereocenters. The number of carbonyl (C=O) groups is 1. The Labute approximate surface area is 151 Å². The molecule has 1 atom stereocenters. The Morgan fingerprint density at radius 1 is 1.12 bits per heavy atom. The van der Waals surface area contributed by atoms with Gasteiger partial charge >= 0.3 is 6.03 Å². The number of pyridine rings is 1. The van der Waals surface area contributed by atoms with E-state index in [0.717, 1.165) is 11.1 Å². The number of hydrogen-bond donors (Lipinski definition) is 2. The summed E-state index contributed by atoms with van der Waals surface area (Å²) in [4.78, 5) is 24.2. The molecule has 7 nitrogen and oxygen atoms in total. The Morgan fingerprint density at radius 3 is 2.54 bits per heavy atom. The molecule has 0 bridgehead atoms. The largest absolute Gasteiger partial charge is 0.327 e. The van der Waals surface area contributed by atoms with Crippen molar-refractivity contribution >= 4 is 11.7 Å². The van der Waals surface area contributed by atoms with E-state index in [-0.39, 0.29) is 17.6 Å². The number of hydrogen-bond acceptors (Lipinski definition) is 3. The number of nitrogens with one attached hydrogen (secondary N) is 2. The lowest BCUT2D eigenvalue weighted by molar-refractivity contribution is 0.250. The summed E-state index contributed by atoms with van der Waals surface area (Å²) in [6.07, 6.45) is 5.23. The van der Waals surface area contributed by atoms with Gasteiger partial charge in [-0.1, -0.05) is 30.3 Å². The molecule has 0 saturated heterocycles. The van der Waals surface area contributed by atoms with Crippen LogP contribution in [0.5, 0.6) is 0 Å². The van der Waals surface area contributed by atoms with Gasteiger partial charge in [-0.15, -0.1) is 0 Å². The van der Waals surface area contributed by atoms with Crippen LogP contribution in [0.2, 0.25) is 0 Å². The van der Waals surface area contributed by atoms with Crippen LogP contribution in [0.4, 0.5) is 10.5 Å². The third-order valence-corrected chi connectivity index (χ3v) is 4.05. The highest BCUT2D eigenvalue weighted by Gasteiger charge is 2.18. The average molecular weight is 351 g/mol. The quantitative estimate of drug-likeness (QED) is 0.741. The van der Waals surface area contributed by atoms with Crippen LogP contribution in [0, 0.1) is 0 Å². The second-order valence-electron chi connectivity index (χ2n) is 5.93. The molecule has 0 saturated carbocycles. The first-order valence-corrected chi connectivity index (χ1v) is 8.38. The van der Waals surface area contributed by atoms with Crippen molar-refractivity contribution in [2.24, 2.45) is 7.05 Å². The van der Waals surface area contributed by atoms with E-state index in [2.05, 4.69) is 15.7 Å². The molecule has 2 aromatic heterocycles. The molecule has 3 aromatic rings. The van der Waals surface area contributed by atoms with E-state index in [1.165, 1.54) is 10.6 Å². The third kappa shape index (κ3) is 4.00. The van der Waals surface area contributed by atoms with Crippen LogP contribution in [0.3, 0.4) is 0 Å². The molecular formula is C19H21N5O2. The molecule has 0 aliphatic rings. The van der Waals surface area contributed by atoms with Gasteiger partial charge in [0.25, 0.3) is 5.56 Å². The summed E-state index contributed by atoms with van der Waals surface area (Å²) in [5.74, 6) is 0. The highest BCUT2D eigenvalue weighted by Crippen LogP contribution is 2.21. The number of benzene rings is 1. The van der Waals surface area contributed by atoms with Crippen LogP contribution < -0.4 is 16.2 Å². The minimum atomic E-state index is -0.357. The maximum absolute atomic E-state index is 12.5. The Balaban J connectivity index is 1.80. The average Bonchev–Trinajstić information content (AvgIpc) is 3.08. The molecular weight excluding hydrogens is 330 g/mol. The molecule has 0 radical (unpaired) electrons. The predicted molar refractivity (Wildman–Crippen MR) is 100 cm³/mol. The zero-order chi connectivity index (χ0) is 18.5. The number of anilines is 1. The Morgan fingerprint density at radius 2 is 1.88 bits per heavy atom. The molecule has 0 aliphatic heterocycles. The summed E-state index contributed by atoms with van der Waals surface area (Å²) in [7, 11) is 1.83. The molecule has 0 fully saturated rings. The fourth-order valence-electron chi connectivity index (χ4n) is 2.74. The minimum Gasteiger partial charge on any atom is -0.327 e. The topological polar surface area (TPSA) is 81.0 Å². The fourth-order valence-corrected chi connectivity index (χ4v) is 2.74. The van der Waals surface area contributed by atoms with Gasteiger partial charge in [0.2, 0.25) is 0 Å². The van der Waals surface area contributed by atoms with Gasteiger partial charge in [0.1, 0.15) is 0 Å². The highest BCUT2D eigenvalue weighted by atomic mass is 16.2. The predicted octanol–water partition coefficient (Wildman–Crippen LogP) is 2.51. The Bertz CT molecular complexity index is 946. The molecule has 2 heterocycles. The standard InChI is InChI=1S/C19H21N5O2/c1-3-24-13-16(9-10-17(24)25)21-19(26)22-18(14-7-5-4-6-8-14)15-11-20-23(2)12-15/h4-13,18H,3H2,1-2H3,(H2,21,22,26). The number of nitrogens with zero attached hydrogens (tertiary/aromatic N) is 3. The summed E-state index contributed by atoms with van der Waals surface area (Å²) >= 11 is 0. The van der Waals surface area contributed by atoms with Crippen molar-refractivity contribution in [3.63, 3.8) is 0 Å². The number of amides is 2. The van der Waals surface area contributed by atoms with Crippen molar-refractivity contribution in [3.05, 3.63) is 82.5 Å². The first-order chi connectivity index (χ1) is 12.6. The number of aromatic nitrogens is 3. The van der Waals surface area contributed by atoms with Crippen molar-refractivity contribution in [1.82, 2.24) is 19.7 Å². The monoisotopic (exact) mass is 351 g/mol. The molecule has 0 spiro atoms. The molecule has 2 N–H and O–H groups in total. The molecule has 134 valence electrons. The molecule has 0 aliphatic carbocycles. The smallest absolute Gasteiger partial charge is 0.320 e. The van der Waals surface area contributed by atoms with Gasteiger partial charge < -0.3 is 15.2 Å². The van der Waals surface area contributed by atoms with Crippen molar-refractivity contribution in [2.75, 3.05) is 5.32 Å². The van der Waals surface area contributed by atoms with E-state index in [1.54, 1.807) is 23.1 Å². The summed E-state index contributed by atoms with van der Waals surface area (Å²) in [6.45, 7) is 2.41. The maximum atomic E-state index is 12.5. The van der Waals surface area contributed by atoms with Crippen LogP contribution in [0.25, 0.3) is 0 Å². The first kappa shape index (κ1) is 17.5. The van der Waals surface area contributed by atoms with Crippen molar-refractivity contribution < 1.29 is 4.79 Å². The van der Waals surface area contributed by atoms with Crippen LogP contribution in [0.1, 0.15) is 24.1 Å². The number of carbonyl (C=O) groups excluding carboxylic acids is 1. The van der Waals surface area contributed by atoms with Crippen molar-refractivity contribution in [2.45, 2.75) is 19.5 Å². The SMILES string of the molecule is CCn1cc(NC(=O)NC(c2ccccc2)c2cnn(C)c2)ccc1=O. The van der Waals surface area contributed by atoms with Crippen LogP contribution in [-0.4, -0.2) is 20.4 Å². The molecule has 7 heteroatoms. The molecule has 3 rings (SSSR count).